The second-order valence-corrected chi connectivity index (χ2v) is 3.80. The summed E-state index contributed by atoms with van der Waals surface area (Å²) in [5, 5.41) is 3.26. The van der Waals surface area contributed by atoms with Crippen molar-refractivity contribution >= 4 is 11.6 Å². The summed E-state index contributed by atoms with van der Waals surface area (Å²) in [6, 6.07) is 0. The van der Waals surface area contributed by atoms with Crippen LogP contribution in [0.3, 0.4) is 0 Å². The standard InChI is InChI=1S/C12H15ClFN/c1-3-5-9-6-10(15-8-9)7-11(13)12(14)4-2/h3,7-8,15H,1,4-6H2,2H3/b10-7+,12-11-. The van der Waals surface area contributed by atoms with Crippen molar-refractivity contribution in [2.75, 3.05) is 0 Å². The lowest BCUT2D eigenvalue weighted by molar-refractivity contribution is 0.601. The lowest BCUT2D eigenvalue weighted by atomic mass is 10.1. The van der Waals surface area contributed by atoms with Crippen LogP contribution in [0, 0.1) is 0 Å². The molecule has 0 fully saturated rings. The van der Waals surface area contributed by atoms with E-state index in [1.807, 2.05) is 12.3 Å². The van der Waals surface area contributed by atoms with Crippen LogP contribution in [0.25, 0.3) is 0 Å². The highest BCUT2D eigenvalue weighted by Crippen LogP contribution is 2.23. The van der Waals surface area contributed by atoms with Gasteiger partial charge in [-0.15, -0.1) is 6.58 Å². The van der Waals surface area contributed by atoms with Crippen molar-refractivity contribution < 1.29 is 4.39 Å². The van der Waals surface area contributed by atoms with Crippen molar-refractivity contribution in [1.82, 2.24) is 5.32 Å². The quantitative estimate of drug-likeness (QED) is 0.712. The van der Waals surface area contributed by atoms with Crippen LogP contribution in [-0.4, -0.2) is 0 Å². The van der Waals surface area contributed by atoms with Gasteiger partial charge in [0, 0.05) is 18.3 Å². The van der Waals surface area contributed by atoms with Gasteiger partial charge in [-0.3, -0.25) is 0 Å². The molecule has 0 unspecified atom stereocenters. The number of halogens is 2. The third-order valence-electron chi connectivity index (χ3n) is 2.16. The molecule has 0 radical (unpaired) electrons. The highest BCUT2D eigenvalue weighted by molar-refractivity contribution is 6.31. The minimum absolute atomic E-state index is 0.188. The van der Waals surface area contributed by atoms with E-state index in [1.54, 1.807) is 13.0 Å². The molecule has 0 aliphatic carbocycles. The van der Waals surface area contributed by atoms with E-state index < -0.39 is 0 Å². The number of rotatable bonds is 4. The predicted molar refractivity (Wildman–Crippen MR) is 63.0 cm³/mol. The van der Waals surface area contributed by atoms with Crippen LogP contribution >= 0.6 is 11.6 Å². The van der Waals surface area contributed by atoms with Crippen LogP contribution < -0.4 is 5.32 Å². The van der Waals surface area contributed by atoms with Crippen molar-refractivity contribution in [1.29, 1.82) is 0 Å². The first-order valence-corrected chi connectivity index (χ1v) is 5.35. The van der Waals surface area contributed by atoms with E-state index in [4.69, 9.17) is 11.6 Å². The highest BCUT2D eigenvalue weighted by atomic mass is 35.5. The molecular formula is C12H15ClFN. The molecule has 0 spiro atoms. The van der Waals surface area contributed by atoms with Crippen molar-refractivity contribution in [3.05, 3.63) is 47.1 Å². The summed E-state index contributed by atoms with van der Waals surface area (Å²) in [7, 11) is 0. The fraction of sp³-hybridized carbons (Fsp3) is 0.333. The molecule has 1 heterocycles. The molecule has 0 atom stereocenters. The van der Waals surface area contributed by atoms with Crippen LogP contribution in [0.1, 0.15) is 26.2 Å². The molecule has 3 heteroatoms. The zero-order chi connectivity index (χ0) is 11.3. The Morgan fingerprint density at radius 2 is 2.47 bits per heavy atom. The zero-order valence-corrected chi connectivity index (χ0v) is 9.57. The lowest BCUT2D eigenvalue weighted by Crippen LogP contribution is -1.97. The van der Waals surface area contributed by atoms with E-state index >= 15 is 0 Å². The topological polar surface area (TPSA) is 12.0 Å². The first-order valence-electron chi connectivity index (χ1n) is 4.97. The molecule has 0 amide bonds. The summed E-state index contributed by atoms with van der Waals surface area (Å²) in [6.07, 6.45) is 7.38. The maximum Gasteiger partial charge on any atom is 0.118 e. The van der Waals surface area contributed by atoms with Gasteiger partial charge in [-0.05, 0) is 24.5 Å². The molecule has 82 valence electrons. The van der Waals surface area contributed by atoms with Crippen LogP contribution in [-0.2, 0) is 0 Å². The molecule has 0 aromatic carbocycles. The van der Waals surface area contributed by atoms with E-state index in [1.165, 1.54) is 5.57 Å². The SMILES string of the molecule is C=CCC1=CN/C(=C/C(Cl)=C(/F)CC)C1. The first-order chi connectivity index (χ1) is 7.17. The Kier molecular flexibility index (Phi) is 4.63. The molecule has 0 bridgehead atoms. The molecule has 1 aliphatic heterocycles. The Labute approximate surface area is 95.0 Å². The van der Waals surface area contributed by atoms with Crippen molar-refractivity contribution in [2.24, 2.45) is 0 Å². The molecule has 0 aromatic rings. The smallest absolute Gasteiger partial charge is 0.118 e. The second kappa shape index (κ2) is 5.76. The van der Waals surface area contributed by atoms with Gasteiger partial charge in [0.2, 0.25) is 0 Å². The summed E-state index contributed by atoms with van der Waals surface area (Å²) < 4.78 is 13.1. The van der Waals surface area contributed by atoms with Gasteiger partial charge in [-0.25, -0.2) is 4.39 Å². The first kappa shape index (κ1) is 12.1. The largest absolute Gasteiger partial charge is 0.365 e. The van der Waals surface area contributed by atoms with Gasteiger partial charge >= 0.3 is 0 Å². The second-order valence-electron chi connectivity index (χ2n) is 3.39. The highest BCUT2D eigenvalue weighted by Gasteiger charge is 2.09. The van der Waals surface area contributed by atoms with Gasteiger partial charge < -0.3 is 5.32 Å². The number of hydrogen-bond acceptors (Lipinski definition) is 1. The summed E-state index contributed by atoms with van der Waals surface area (Å²) in [5.41, 5.74) is 2.16. The van der Waals surface area contributed by atoms with Crippen molar-refractivity contribution in [2.45, 2.75) is 26.2 Å². The van der Waals surface area contributed by atoms with E-state index in [-0.39, 0.29) is 10.9 Å². The molecule has 0 saturated carbocycles. The molecular weight excluding hydrogens is 213 g/mol. The van der Waals surface area contributed by atoms with Gasteiger partial charge in [0.05, 0.1) is 5.03 Å². The summed E-state index contributed by atoms with van der Waals surface area (Å²) in [5.74, 6) is -0.275. The van der Waals surface area contributed by atoms with Gasteiger partial charge in [-0.1, -0.05) is 24.6 Å². The lowest BCUT2D eigenvalue weighted by Gasteiger charge is -1.99. The van der Waals surface area contributed by atoms with Crippen LogP contribution in [0.15, 0.2) is 47.1 Å². The Hall–Kier alpha value is -1.02. The summed E-state index contributed by atoms with van der Waals surface area (Å²) >= 11 is 5.78. The van der Waals surface area contributed by atoms with Crippen molar-refractivity contribution in [3.8, 4) is 0 Å². The predicted octanol–water partition coefficient (Wildman–Crippen LogP) is 4.15. The fourth-order valence-corrected chi connectivity index (χ4v) is 1.62. The van der Waals surface area contributed by atoms with Crippen LogP contribution in [0.4, 0.5) is 4.39 Å². The van der Waals surface area contributed by atoms with Crippen LogP contribution in [0.5, 0.6) is 0 Å². The average molecular weight is 228 g/mol. The molecule has 1 rings (SSSR count). The third kappa shape index (κ3) is 3.56. The average Bonchev–Trinajstić information content (AvgIpc) is 2.65. The summed E-state index contributed by atoms with van der Waals surface area (Å²) in [6.45, 7) is 5.40. The minimum atomic E-state index is -0.275. The monoisotopic (exact) mass is 227 g/mol. The molecule has 15 heavy (non-hydrogen) atoms. The maximum atomic E-state index is 13.1. The van der Waals surface area contributed by atoms with E-state index in [2.05, 4.69) is 11.9 Å². The molecule has 1 nitrogen and oxygen atoms in total. The van der Waals surface area contributed by atoms with E-state index in [0.29, 0.717) is 6.42 Å². The molecule has 0 saturated heterocycles. The summed E-state index contributed by atoms with van der Waals surface area (Å²) in [4.78, 5) is 0. The zero-order valence-electron chi connectivity index (χ0n) is 8.82. The Morgan fingerprint density at radius 1 is 1.73 bits per heavy atom. The van der Waals surface area contributed by atoms with Crippen LogP contribution in [0.2, 0.25) is 0 Å². The molecule has 1 N–H and O–H groups in total. The van der Waals surface area contributed by atoms with Gasteiger partial charge in [0.1, 0.15) is 5.83 Å². The van der Waals surface area contributed by atoms with Gasteiger partial charge in [0.15, 0.2) is 0 Å². The third-order valence-corrected chi connectivity index (χ3v) is 2.47. The Bertz CT molecular complexity index is 340. The number of nitrogens with one attached hydrogen (secondary N) is 1. The Balaban J connectivity index is 2.63. The maximum absolute atomic E-state index is 13.1. The molecule has 1 aliphatic rings. The van der Waals surface area contributed by atoms with Crippen molar-refractivity contribution in [3.63, 3.8) is 0 Å². The minimum Gasteiger partial charge on any atom is -0.365 e. The van der Waals surface area contributed by atoms with E-state index in [9.17, 15) is 4.39 Å². The number of allylic oxidation sites excluding steroid dienone is 5. The normalized spacial score (nSPS) is 19.7. The fourth-order valence-electron chi connectivity index (χ4n) is 1.35. The molecule has 0 aromatic heterocycles. The Morgan fingerprint density at radius 3 is 3.07 bits per heavy atom. The van der Waals surface area contributed by atoms with Gasteiger partial charge in [0.25, 0.3) is 0 Å². The van der Waals surface area contributed by atoms with Gasteiger partial charge in [-0.2, -0.15) is 0 Å². The number of hydrogen-bond donors (Lipinski definition) is 1. The van der Waals surface area contributed by atoms with E-state index in [0.717, 1.165) is 18.5 Å².